The summed E-state index contributed by atoms with van der Waals surface area (Å²) in [6, 6.07) is 90.5. The Balaban J connectivity index is 1.09. The molecule has 3 nitrogen and oxygen atoms in total. The third-order valence-corrected chi connectivity index (χ3v) is 14.8. The van der Waals surface area contributed by atoms with Gasteiger partial charge in [-0.15, -0.1) is 0 Å². The number of benzene rings is 12. The van der Waals surface area contributed by atoms with Crippen molar-refractivity contribution in [3.05, 3.63) is 243 Å². The van der Waals surface area contributed by atoms with Crippen LogP contribution in [-0.4, -0.2) is 11.3 Å². The summed E-state index contributed by atoms with van der Waals surface area (Å²) in [7, 11) is 0. The van der Waals surface area contributed by atoms with Gasteiger partial charge in [0.2, 0.25) is 0 Å². The van der Waals surface area contributed by atoms with E-state index in [1.165, 1.54) is 110 Å². The molecule has 2 aliphatic heterocycles. The van der Waals surface area contributed by atoms with Crippen LogP contribution in [0.1, 0.15) is 0 Å². The maximum absolute atomic E-state index is 2.55. The molecule has 0 aliphatic carbocycles. The van der Waals surface area contributed by atoms with Crippen LogP contribution < -0.4 is 26.2 Å². The van der Waals surface area contributed by atoms with Crippen molar-refractivity contribution in [1.82, 2.24) is 4.57 Å². The van der Waals surface area contributed by atoms with Gasteiger partial charge in [-0.3, -0.25) is 0 Å². The fourth-order valence-electron chi connectivity index (χ4n) is 11.9. The van der Waals surface area contributed by atoms with E-state index in [2.05, 4.69) is 257 Å². The first kappa shape index (κ1) is 37.4. The van der Waals surface area contributed by atoms with Crippen molar-refractivity contribution in [2.45, 2.75) is 0 Å². The van der Waals surface area contributed by atoms with Crippen LogP contribution in [-0.2, 0) is 0 Å². The molecule has 0 unspecified atom stereocenters. The molecule has 1 aromatic heterocycles. The van der Waals surface area contributed by atoms with Crippen molar-refractivity contribution in [3.8, 4) is 16.8 Å². The molecule has 0 saturated carbocycles. The average Bonchev–Trinajstić information content (AvgIpc) is 3.74. The largest absolute Gasteiger partial charge is 0.311 e. The molecule has 4 heteroatoms. The van der Waals surface area contributed by atoms with E-state index in [-0.39, 0.29) is 6.71 Å². The minimum Gasteiger partial charge on any atom is -0.311 e. The molecule has 0 bridgehead atoms. The lowest BCUT2D eigenvalue weighted by Crippen LogP contribution is -2.61. The monoisotopic (exact) mass is 861 g/mol. The van der Waals surface area contributed by atoms with Gasteiger partial charge in [0.05, 0.1) is 11.0 Å². The summed E-state index contributed by atoms with van der Waals surface area (Å²) >= 11 is 0. The lowest BCUT2D eigenvalue weighted by Gasteiger charge is -2.44. The molecule has 0 saturated heterocycles. The minimum absolute atomic E-state index is 0.0613. The van der Waals surface area contributed by atoms with Crippen molar-refractivity contribution in [3.63, 3.8) is 0 Å². The maximum atomic E-state index is 2.55. The van der Waals surface area contributed by atoms with E-state index >= 15 is 0 Å². The topological polar surface area (TPSA) is 11.4 Å². The van der Waals surface area contributed by atoms with E-state index in [9.17, 15) is 0 Å². The molecule has 13 aromatic rings. The number of para-hydroxylation sites is 4. The van der Waals surface area contributed by atoms with Crippen molar-refractivity contribution in [2.24, 2.45) is 0 Å². The molecule has 0 spiro atoms. The number of hydrogen-bond donors (Lipinski definition) is 0. The third kappa shape index (κ3) is 5.37. The average molecular weight is 862 g/mol. The molecular formula is C64H40BN3. The summed E-state index contributed by atoms with van der Waals surface area (Å²) in [6.45, 7) is -0.0613. The van der Waals surface area contributed by atoms with Crippen LogP contribution >= 0.6 is 0 Å². The fraction of sp³-hybridized carbons (Fsp3) is 0. The van der Waals surface area contributed by atoms with Crippen LogP contribution in [0.2, 0.25) is 0 Å². The lowest BCUT2D eigenvalue weighted by atomic mass is 9.33. The molecule has 2 aliphatic rings. The van der Waals surface area contributed by atoms with E-state index in [0.29, 0.717) is 0 Å². The van der Waals surface area contributed by atoms with Gasteiger partial charge in [0.15, 0.2) is 0 Å². The van der Waals surface area contributed by atoms with Gasteiger partial charge >= 0.3 is 0 Å². The third-order valence-electron chi connectivity index (χ3n) is 14.8. The highest BCUT2D eigenvalue weighted by molar-refractivity contribution is 7.00. The van der Waals surface area contributed by atoms with Gasteiger partial charge in [0.25, 0.3) is 6.71 Å². The van der Waals surface area contributed by atoms with Gasteiger partial charge in [-0.25, -0.2) is 0 Å². The highest BCUT2D eigenvalue weighted by Gasteiger charge is 2.44. The molecule has 12 aromatic carbocycles. The first-order chi connectivity index (χ1) is 33.7. The molecular weight excluding hydrogens is 822 g/mol. The second kappa shape index (κ2) is 14.3. The predicted octanol–water partition coefficient (Wildman–Crippen LogP) is 15.1. The van der Waals surface area contributed by atoms with E-state index in [4.69, 9.17) is 0 Å². The molecule has 15 rings (SSSR count). The van der Waals surface area contributed by atoms with Crippen LogP contribution in [0.3, 0.4) is 0 Å². The van der Waals surface area contributed by atoms with Crippen molar-refractivity contribution < 1.29 is 0 Å². The summed E-state index contributed by atoms with van der Waals surface area (Å²) in [5.74, 6) is 0. The normalized spacial score (nSPS) is 12.9. The van der Waals surface area contributed by atoms with E-state index in [1.807, 2.05) is 0 Å². The Bertz CT molecular complexity index is 4030. The molecule has 0 N–H and O–H groups in total. The molecule has 68 heavy (non-hydrogen) atoms. The minimum atomic E-state index is -0.0613. The van der Waals surface area contributed by atoms with Crippen molar-refractivity contribution in [1.29, 1.82) is 0 Å². The molecule has 0 radical (unpaired) electrons. The summed E-state index contributed by atoms with van der Waals surface area (Å²) in [4.78, 5) is 5.10. The molecule has 314 valence electrons. The lowest BCUT2D eigenvalue weighted by molar-refractivity contribution is 1.18. The van der Waals surface area contributed by atoms with Gasteiger partial charge in [0, 0.05) is 50.6 Å². The zero-order chi connectivity index (χ0) is 44.5. The summed E-state index contributed by atoms with van der Waals surface area (Å²) in [5.41, 5.74) is 16.8. The van der Waals surface area contributed by atoms with Gasteiger partial charge in [-0.1, -0.05) is 170 Å². The molecule has 3 heterocycles. The van der Waals surface area contributed by atoms with Gasteiger partial charge in [-0.05, 0) is 143 Å². The Labute approximate surface area is 394 Å². The first-order valence-electron chi connectivity index (χ1n) is 23.6. The Morgan fingerprint density at radius 3 is 1.28 bits per heavy atom. The van der Waals surface area contributed by atoms with Gasteiger partial charge < -0.3 is 14.4 Å². The quantitative estimate of drug-likeness (QED) is 0.129. The van der Waals surface area contributed by atoms with Crippen LogP contribution in [0.15, 0.2) is 243 Å². The van der Waals surface area contributed by atoms with Gasteiger partial charge in [-0.2, -0.15) is 0 Å². The molecule has 0 atom stereocenters. The van der Waals surface area contributed by atoms with E-state index in [1.54, 1.807) is 0 Å². The molecule has 0 amide bonds. The van der Waals surface area contributed by atoms with Gasteiger partial charge in [0.1, 0.15) is 0 Å². The van der Waals surface area contributed by atoms with Crippen LogP contribution in [0.5, 0.6) is 0 Å². The number of hydrogen-bond acceptors (Lipinski definition) is 2. The standard InChI is InChI=1S/C64H40BN3/c1-4-18-47(19-5-1)66-58-27-15-14-26-52(58)53-33-32-43(34-59(53)66)46-37-62-64-63(38-46)68(49-22-8-3-9-23-49)61-36-45-31-29-42-17-11-13-25-51(42)55(45)40-57(61)65(64)56-39-54-44(30-28-41-16-10-12-24-50(41)54)35-60(56)67(62)48-20-6-2-7-21-48/h1-40H. The van der Waals surface area contributed by atoms with Crippen LogP contribution in [0.25, 0.3) is 81.7 Å². The Morgan fingerprint density at radius 2 is 0.721 bits per heavy atom. The van der Waals surface area contributed by atoms with Crippen LogP contribution in [0, 0.1) is 0 Å². The zero-order valence-electron chi connectivity index (χ0n) is 37.0. The highest BCUT2D eigenvalue weighted by atomic mass is 15.2. The fourth-order valence-corrected chi connectivity index (χ4v) is 11.9. The van der Waals surface area contributed by atoms with Crippen molar-refractivity contribution in [2.75, 3.05) is 9.80 Å². The van der Waals surface area contributed by atoms with E-state index < -0.39 is 0 Å². The number of aromatic nitrogens is 1. The number of nitrogens with zero attached hydrogens (tertiary/aromatic N) is 3. The predicted molar refractivity (Wildman–Crippen MR) is 290 cm³/mol. The summed E-state index contributed by atoms with van der Waals surface area (Å²) < 4.78 is 2.43. The Hall–Kier alpha value is -8.86. The molecule has 0 fully saturated rings. The second-order valence-corrected chi connectivity index (χ2v) is 18.5. The highest BCUT2D eigenvalue weighted by Crippen LogP contribution is 2.48. The van der Waals surface area contributed by atoms with E-state index in [0.717, 1.165) is 22.6 Å². The first-order valence-corrected chi connectivity index (χ1v) is 23.6. The summed E-state index contributed by atoms with van der Waals surface area (Å²) in [6.07, 6.45) is 0. The van der Waals surface area contributed by atoms with Crippen molar-refractivity contribution >= 4 is 122 Å². The SMILES string of the molecule is c1ccc(N2c3cc4ccc5ccccc5c4cc3B3c4cc5c(ccc6ccccc65)cc4N(c4ccccc4)c4cc(-c5ccc6c7ccccc7n(-c7ccccc7)c6c5)cc2c43)cc1. The smallest absolute Gasteiger partial charge is 0.252 e. The Kier molecular flexibility index (Phi) is 7.87. The summed E-state index contributed by atoms with van der Waals surface area (Å²) in [5, 5.41) is 12.6. The zero-order valence-corrected chi connectivity index (χ0v) is 37.0. The van der Waals surface area contributed by atoms with Crippen LogP contribution in [0.4, 0.5) is 34.1 Å². The Morgan fingerprint density at radius 1 is 0.265 bits per heavy atom. The number of fused-ring (bicyclic) bond motifs is 13. The number of anilines is 6. The second-order valence-electron chi connectivity index (χ2n) is 18.5. The maximum Gasteiger partial charge on any atom is 0.252 e. The number of rotatable bonds is 4.